The van der Waals surface area contributed by atoms with Gasteiger partial charge in [-0.3, -0.25) is 5.41 Å². The van der Waals surface area contributed by atoms with Gasteiger partial charge in [0.05, 0.1) is 12.4 Å². The molecule has 94 valence electrons. The number of nitrogens with two attached hydrogens (primary N) is 1. The number of hydrogen-bond donors (Lipinski definition) is 2. The number of aryl methyl sites for hydroxylation is 1. The molecule has 1 rings (SSSR count). The topological polar surface area (TPSA) is 88.1 Å². The molecule has 0 amide bonds. The summed E-state index contributed by atoms with van der Waals surface area (Å²) in [6.45, 7) is 3.92. The molecule has 0 spiro atoms. The molecule has 1 aromatic rings. The molecule has 0 aliphatic heterocycles. The van der Waals surface area contributed by atoms with Crippen molar-refractivity contribution in [3.8, 4) is 0 Å². The molecule has 0 atom stereocenters. The van der Waals surface area contributed by atoms with Gasteiger partial charge in [0, 0.05) is 38.4 Å². The van der Waals surface area contributed by atoms with Crippen LogP contribution in [0.25, 0.3) is 0 Å². The molecule has 0 saturated carbocycles. The molecule has 0 aromatic carbocycles. The Kier molecular flexibility index (Phi) is 5.35. The Morgan fingerprint density at radius 3 is 2.82 bits per heavy atom. The van der Waals surface area contributed by atoms with Crippen LogP contribution in [0, 0.1) is 12.3 Å². The molecular formula is C11H19N5O. The number of nitrogens with zero attached hydrogens (tertiary/aromatic N) is 3. The van der Waals surface area contributed by atoms with Crippen LogP contribution in [-0.4, -0.2) is 42.6 Å². The van der Waals surface area contributed by atoms with E-state index in [1.165, 1.54) is 6.33 Å². The Morgan fingerprint density at radius 1 is 1.47 bits per heavy atom. The lowest BCUT2D eigenvalue weighted by molar-refractivity contribution is 0.205. The molecule has 1 heterocycles. The second kappa shape index (κ2) is 6.80. The molecule has 0 saturated heterocycles. The van der Waals surface area contributed by atoms with Crippen LogP contribution in [0.4, 0.5) is 5.82 Å². The van der Waals surface area contributed by atoms with E-state index in [1.807, 2.05) is 17.9 Å². The average molecular weight is 237 g/mol. The highest BCUT2D eigenvalue weighted by atomic mass is 16.5. The monoisotopic (exact) mass is 237 g/mol. The zero-order chi connectivity index (χ0) is 12.7. The summed E-state index contributed by atoms with van der Waals surface area (Å²) in [7, 11) is 1.66. The Hall–Kier alpha value is -1.69. The fourth-order valence-electron chi connectivity index (χ4n) is 1.41. The number of hydrogen-bond acceptors (Lipinski definition) is 5. The molecule has 0 bridgehead atoms. The minimum absolute atomic E-state index is 0.179. The standard InChI is InChI=1S/C11H19N5O/c1-9-7-11(15-8-14-9)16(5-6-17-2)4-3-10(12)13/h7-8H,3-6H2,1-2H3,(H3,12,13). The first-order valence-electron chi connectivity index (χ1n) is 5.49. The van der Waals surface area contributed by atoms with Crippen molar-refractivity contribution in [2.75, 3.05) is 31.7 Å². The molecule has 0 unspecified atom stereocenters. The summed E-state index contributed by atoms with van der Waals surface area (Å²) in [5.41, 5.74) is 6.29. The SMILES string of the molecule is COCCN(CCC(=N)N)c1cc(C)ncn1. The van der Waals surface area contributed by atoms with E-state index in [0.717, 1.165) is 18.1 Å². The molecule has 17 heavy (non-hydrogen) atoms. The Bertz CT molecular complexity index is 369. The Morgan fingerprint density at radius 2 is 2.24 bits per heavy atom. The quantitative estimate of drug-likeness (QED) is 0.534. The average Bonchev–Trinajstić information content (AvgIpc) is 2.29. The fraction of sp³-hybridized carbons (Fsp3) is 0.545. The molecule has 0 fully saturated rings. The number of rotatable bonds is 7. The van der Waals surface area contributed by atoms with Crippen LogP contribution in [0.3, 0.4) is 0 Å². The molecule has 3 N–H and O–H groups in total. The number of nitrogens with one attached hydrogen (secondary N) is 1. The van der Waals surface area contributed by atoms with Gasteiger partial charge in [-0.25, -0.2) is 9.97 Å². The van der Waals surface area contributed by atoms with Gasteiger partial charge < -0.3 is 15.4 Å². The largest absolute Gasteiger partial charge is 0.388 e. The van der Waals surface area contributed by atoms with Crippen molar-refractivity contribution in [2.24, 2.45) is 5.73 Å². The van der Waals surface area contributed by atoms with Crippen LogP contribution in [-0.2, 0) is 4.74 Å². The van der Waals surface area contributed by atoms with Crippen LogP contribution in [0.1, 0.15) is 12.1 Å². The summed E-state index contributed by atoms with van der Waals surface area (Å²) < 4.78 is 5.06. The smallest absolute Gasteiger partial charge is 0.132 e. The molecule has 6 heteroatoms. The predicted molar refractivity (Wildman–Crippen MR) is 67.4 cm³/mol. The van der Waals surface area contributed by atoms with E-state index < -0.39 is 0 Å². The van der Waals surface area contributed by atoms with Gasteiger partial charge in [-0.15, -0.1) is 0 Å². The van der Waals surface area contributed by atoms with Gasteiger partial charge in [0.25, 0.3) is 0 Å². The minimum atomic E-state index is 0.179. The van der Waals surface area contributed by atoms with Crippen molar-refractivity contribution in [3.63, 3.8) is 0 Å². The summed E-state index contributed by atoms with van der Waals surface area (Å²) >= 11 is 0. The van der Waals surface area contributed by atoms with E-state index in [9.17, 15) is 0 Å². The number of anilines is 1. The normalized spacial score (nSPS) is 10.2. The highest BCUT2D eigenvalue weighted by molar-refractivity contribution is 5.77. The van der Waals surface area contributed by atoms with E-state index in [-0.39, 0.29) is 5.84 Å². The highest BCUT2D eigenvalue weighted by Crippen LogP contribution is 2.10. The first-order chi connectivity index (χ1) is 8.13. The van der Waals surface area contributed by atoms with Crippen molar-refractivity contribution in [1.82, 2.24) is 9.97 Å². The van der Waals surface area contributed by atoms with Gasteiger partial charge in [-0.2, -0.15) is 0 Å². The molecule has 0 aliphatic carbocycles. The number of methoxy groups -OCH3 is 1. The maximum atomic E-state index is 7.26. The zero-order valence-corrected chi connectivity index (χ0v) is 10.3. The minimum Gasteiger partial charge on any atom is -0.388 e. The van der Waals surface area contributed by atoms with Crippen molar-refractivity contribution in [2.45, 2.75) is 13.3 Å². The maximum absolute atomic E-state index is 7.26. The van der Waals surface area contributed by atoms with Crippen LogP contribution >= 0.6 is 0 Å². The number of aromatic nitrogens is 2. The van der Waals surface area contributed by atoms with E-state index in [1.54, 1.807) is 7.11 Å². The highest BCUT2D eigenvalue weighted by Gasteiger charge is 2.08. The van der Waals surface area contributed by atoms with Crippen LogP contribution in [0.2, 0.25) is 0 Å². The van der Waals surface area contributed by atoms with Crippen LogP contribution in [0.15, 0.2) is 12.4 Å². The molecule has 1 aromatic heterocycles. The second-order valence-electron chi connectivity index (χ2n) is 3.77. The Balaban J connectivity index is 2.70. The summed E-state index contributed by atoms with van der Waals surface area (Å²) in [6.07, 6.45) is 2.06. The first-order valence-corrected chi connectivity index (χ1v) is 5.49. The summed E-state index contributed by atoms with van der Waals surface area (Å²) in [5, 5.41) is 7.26. The third kappa shape index (κ3) is 4.78. The lowest BCUT2D eigenvalue weighted by Gasteiger charge is -2.23. The zero-order valence-electron chi connectivity index (χ0n) is 10.3. The van der Waals surface area contributed by atoms with Crippen molar-refractivity contribution < 1.29 is 4.74 Å². The summed E-state index contributed by atoms with van der Waals surface area (Å²) in [5.74, 6) is 1.02. The fourth-order valence-corrected chi connectivity index (χ4v) is 1.41. The molecule has 6 nitrogen and oxygen atoms in total. The van der Waals surface area contributed by atoms with Gasteiger partial charge in [-0.1, -0.05) is 0 Å². The van der Waals surface area contributed by atoms with E-state index >= 15 is 0 Å². The lowest BCUT2D eigenvalue weighted by Crippen LogP contribution is -2.31. The third-order valence-corrected chi connectivity index (χ3v) is 2.33. The van der Waals surface area contributed by atoms with E-state index in [4.69, 9.17) is 15.9 Å². The van der Waals surface area contributed by atoms with Crippen molar-refractivity contribution >= 4 is 11.7 Å². The molecular weight excluding hydrogens is 218 g/mol. The second-order valence-corrected chi connectivity index (χ2v) is 3.77. The predicted octanol–water partition coefficient (Wildman–Crippen LogP) is 0.564. The van der Waals surface area contributed by atoms with Crippen molar-refractivity contribution in [3.05, 3.63) is 18.1 Å². The van der Waals surface area contributed by atoms with Gasteiger partial charge in [-0.05, 0) is 6.92 Å². The van der Waals surface area contributed by atoms with E-state index in [2.05, 4.69) is 9.97 Å². The van der Waals surface area contributed by atoms with Gasteiger partial charge in [0.2, 0.25) is 0 Å². The van der Waals surface area contributed by atoms with Gasteiger partial charge in [0.1, 0.15) is 12.1 Å². The first kappa shape index (κ1) is 13.4. The van der Waals surface area contributed by atoms with Crippen LogP contribution in [0.5, 0.6) is 0 Å². The molecule has 0 radical (unpaired) electrons. The Labute approximate surface area is 101 Å². The van der Waals surface area contributed by atoms with Gasteiger partial charge in [0.15, 0.2) is 0 Å². The third-order valence-electron chi connectivity index (χ3n) is 2.33. The van der Waals surface area contributed by atoms with Crippen molar-refractivity contribution in [1.29, 1.82) is 5.41 Å². The van der Waals surface area contributed by atoms with Crippen LogP contribution < -0.4 is 10.6 Å². The number of ether oxygens (including phenoxy) is 1. The maximum Gasteiger partial charge on any atom is 0.132 e. The van der Waals surface area contributed by atoms with E-state index in [0.29, 0.717) is 19.6 Å². The molecule has 0 aliphatic rings. The lowest BCUT2D eigenvalue weighted by atomic mass is 10.3. The summed E-state index contributed by atoms with van der Waals surface area (Å²) in [6, 6.07) is 1.91. The summed E-state index contributed by atoms with van der Waals surface area (Å²) in [4.78, 5) is 10.3. The van der Waals surface area contributed by atoms with Gasteiger partial charge >= 0.3 is 0 Å². The number of amidine groups is 1.